The molecule has 150 valence electrons. The molecule has 1 heterocycles. The number of halogens is 1. The molecule has 0 unspecified atom stereocenters. The van der Waals surface area contributed by atoms with Gasteiger partial charge in [-0.25, -0.2) is 4.98 Å². The Hall–Kier alpha value is -3.64. The second-order valence-electron chi connectivity index (χ2n) is 6.80. The Morgan fingerprint density at radius 3 is 2.77 bits per heavy atom. The van der Waals surface area contributed by atoms with Gasteiger partial charge in [-0.05, 0) is 55.0 Å². The van der Waals surface area contributed by atoms with Crippen LogP contribution in [0.3, 0.4) is 0 Å². The smallest absolute Gasteiger partial charge is 0.261 e. The SMILES string of the molecule is Cc1cccc(Oc2ccc(Cl)cc2NC(=O)Cn2cnc3ccccc3c2=O)c1. The Morgan fingerprint density at radius 1 is 1.10 bits per heavy atom. The number of benzene rings is 3. The van der Waals surface area contributed by atoms with Crippen LogP contribution in [-0.4, -0.2) is 15.5 Å². The van der Waals surface area contributed by atoms with Gasteiger partial charge in [0, 0.05) is 5.02 Å². The second-order valence-corrected chi connectivity index (χ2v) is 7.24. The molecule has 1 amide bonds. The monoisotopic (exact) mass is 419 g/mol. The van der Waals surface area contributed by atoms with Crippen LogP contribution in [0.25, 0.3) is 10.9 Å². The van der Waals surface area contributed by atoms with Crippen molar-refractivity contribution in [3.8, 4) is 11.5 Å². The van der Waals surface area contributed by atoms with Crippen molar-refractivity contribution in [2.45, 2.75) is 13.5 Å². The Balaban J connectivity index is 1.57. The summed E-state index contributed by atoms with van der Waals surface area (Å²) in [5.41, 5.74) is 1.77. The van der Waals surface area contributed by atoms with E-state index in [0.717, 1.165) is 5.56 Å². The molecule has 0 saturated carbocycles. The van der Waals surface area contributed by atoms with Crippen LogP contribution in [0.1, 0.15) is 5.56 Å². The quantitative estimate of drug-likeness (QED) is 0.504. The molecule has 0 fully saturated rings. The minimum absolute atomic E-state index is 0.187. The van der Waals surface area contributed by atoms with Gasteiger partial charge in [-0.3, -0.25) is 14.2 Å². The first-order valence-corrected chi connectivity index (χ1v) is 9.65. The molecule has 30 heavy (non-hydrogen) atoms. The maximum absolute atomic E-state index is 12.6. The number of hydrogen-bond acceptors (Lipinski definition) is 4. The minimum Gasteiger partial charge on any atom is -0.455 e. The van der Waals surface area contributed by atoms with Crippen LogP contribution in [-0.2, 0) is 11.3 Å². The Kier molecular flexibility index (Phi) is 5.50. The van der Waals surface area contributed by atoms with Crippen LogP contribution in [0.4, 0.5) is 5.69 Å². The zero-order valence-corrected chi connectivity index (χ0v) is 16.9. The van der Waals surface area contributed by atoms with Crippen molar-refractivity contribution in [2.24, 2.45) is 0 Å². The van der Waals surface area contributed by atoms with E-state index >= 15 is 0 Å². The van der Waals surface area contributed by atoms with Crippen LogP contribution in [0.15, 0.2) is 77.9 Å². The van der Waals surface area contributed by atoms with Gasteiger partial charge in [0.05, 0.1) is 22.9 Å². The fourth-order valence-corrected chi connectivity index (χ4v) is 3.23. The van der Waals surface area contributed by atoms with Gasteiger partial charge < -0.3 is 10.1 Å². The summed E-state index contributed by atoms with van der Waals surface area (Å²) in [6.45, 7) is 1.78. The third-order valence-corrected chi connectivity index (χ3v) is 4.71. The third kappa shape index (κ3) is 4.34. The lowest BCUT2D eigenvalue weighted by molar-refractivity contribution is -0.116. The number of amides is 1. The number of rotatable bonds is 5. The van der Waals surface area contributed by atoms with Crippen molar-refractivity contribution in [1.29, 1.82) is 0 Å². The lowest BCUT2D eigenvalue weighted by atomic mass is 10.2. The molecule has 0 saturated heterocycles. The predicted octanol–water partition coefficient (Wildman–Crippen LogP) is 4.79. The fourth-order valence-electron chi connectivity index (χ4n) is 3.06. The van der Waals surface area contributed by atoms with Gasteiger partial charge >= 0.3 is 0 Å². The Bertz CT molecular complexity index is 1300. The van der Waals surface area contributed by atoms with Gasteiger partial charge in [-0.1, -0.05) is 35.9 Å². The van der Waals surface area contributed by atoms with Crippen LogP contribution >= 0.6 is 11.6 Å². The summed E-state index contributed by atoms with van der Waals surface area (Å²) in [6.07, 6.45) is 1.37. The van der Waals surface area contributed by atoms with E-state index in [1.807, 2.05) is 31.2 Å². The molecule has 0 aliphatic rings. The number of anilines is 1. The number of nitrogens with zero attached hydrogens (tertiary/aromatic N) is 2. The van der Waals surface area contributed by atoms with Crippen molar-refractivity contribution in [2.75, 3.05) is 5.32 Å². The molecule has 0 atom stereocenters. The highest BCUT2D eigenvalue weighted by Gasteiger charge is 2.12. The summed E-state index contributed by atoms with van der Waals surface area (Å²) in [4.78, 5) is 29.5. The highest BCUT2D eigenvalue weighted by atomic mass is 35.5. The molecule has 3 aromatic carbocycles. The molecule has 7 heteroatoms. The van der Waals surface area contributed by atoms with Gasteiger partial charge in [-0.15, -0.1) is 0 Å². The molecule has 4 aromatic rings. The van der Waals surface area contributed by atoms with Crippen molar-refractivity contribution in [1.82, 2.24) is 9.55 Å². The molecular formula is C23H18ClN3O3. The molecule has 0 spiro atoms. The number of fused-ring (bicyclic) bond motifs is 1. The third-order valence-electron chi connectivity index (χ3n) is 4.48. The first-order valence-electron chi connectivity index (χ1n) is 9.28. The van der Waals surface area contributed by atoms with Crippen molar-refractivity contribution in [3.63, 3.8) is 0 Å². The molecule has 0 aliphatic heterocycles. The first-order chi connectivity index (χ1) is 14.5. The molecule has 0 radical (unpaired) electrons. The number of carbonyl (C=O) groups is 1. The standard InChI is InChI=1S/C23H18ClN3O3/c1-15-5-4-6-17(11-15)30-21-10-9-16(24)12-20(21)26-22(28)13-27-14-25-19-8-3-2-7-18(19)23(27)29/h2-12,14H,13H2,1H3,(H,26,28). The topological polar surface area (TPSA) is 73.2 Å². The van der Waals surface area contributed by atoms with Crippen molar-refractivity contribution in [3.05, 3.63) is 94.0 Å². The minimum atomic E-state index is -0.398. The summed E-state index contributed by atoms with van der Waals surface area (Å²) in [5, 5.41) is 3.68. The van der Waals surface area contributed by atoms with E-state index in [-0.39, 0.29) is 12.1 Å². The zero-order chi connectivity index (χ0) is 21.1. The summed E-state index contributed by atoms with van der Waals surface area (Å²) >= 11 is 6.11. The van der Waals surface area contributed by atoms with Gasteiger partial charge in [0.2, 0.25) is 5.91 Å². The summed E-state index contributed by atoms with van der Waals surface area (Å²) in [7, 11) is 0. The van der Waals surface area contributed by atoms with Crippen LogP contribution in [0.2, 0.25) is 5.02 Å². The predicted molar refractivity (Wildman–Crippen MR) is 117 cm³/mol. The first kappa shape index (κ1) is 19.7. The van der Waals surface area contributed by atoms with Crippen molar-refractivity contribution >= 4 is 34.1 Å². The maximum atomic E-state index is 12.6. The van der Waals surface area contributed by atoms with Crippen LogP contribution < -0.4 is 15.6 Å². The lowest BCUT2D eigenvalue weighted by Gasteiger charge is -2.14. The van der Waals surface area contributed by atoms with E-state index < -0.39 is 5.91 Å². The average molecular weight is 420 g/mol. The summed E-state index contributed by atoms with van der Waals surface area (Å²) in [6, 6.07) is 19.5. The number of aromatic nitrogens is 2. The number of carbonyl (C=O) groups excluding carboxylic acids is 1. The number of hydrogen-bond donors (Lipinski definition) is 1. The Morgan fingerprint density at radius 2 is 1.93 bits per heavy atom. The van der Waals surface area contributed by atoms with Gasteiger partial charge in [-0.2, -0.15) is 0 Å². The summed E-state index contributed by atoms with van der Waals surface area (Å²) < 4.78 is 7.19. The average Bonchev–Trinajstić information content (AvgIpc) is 2.72. The molecule has 1 N–H and O–H groups in total. The van der Waals surface area contributed by atoms with E-state index in [0.29, 0.717) is 33.1 Å². The van der Waals surface area contributed by atoms with Gasteiger partial charge in [0.1, 0.15) is 12.3 Å². The van der Waals surface area contributed by atoms with E-state index in [9.17, 15) is 9.59 Å². The maximum Gasteiger partial charge on any atom is 0.261 e. The van der Waals surface area contributed by atoms with Crippen LogP contribution in [0, 0.1) is 6.92 Å². The van der Waals surface area contributed by atoms with E-state index in [4.69, 9.17) is 16.3 Å². The summed E-state index contributed by atoms with van der Waals surface area (Å²) in [5.74, 6) is 0.690. The fraction of sp³-hybridized carbons (Fsp3) is 0.0870. The molecule has 4 rings (SSSR count). The number of para-hydroxylation sites is 1. The number of nitrogens with one attached hydrogen (secondary N) is 1. The molecule has 6 nitrogen and oxygen atoms in total. The molecule has 1 aromatic heterocycles. The highest BCUT2D eigenvalue weighted by Crippen LogP contribution is 2.32. The van der Waals surface area contributed by atoms with E-state index in [1.165, 1.54) is 10.9 Å². The normalized spacial score (nSPS) is 10.7. The number of aryl methyl sites for hydroxylation is 1. The van der Waals surface area contributed by atoms with Crippen LogP contribution in [0.5, 0.6) is 11.5 Å². The Labute approximate surface area is 177 Å². The van der Waals surface area contributed by atoms with Gasteiger partial charge in [0.25, 0.3) is 5.56 Å². The highest BCUT2D eigenvalue weighted by molar-refractivity contribution is 6.31. The largest absolute Gasteiger partial charge is 0.455 e. The van der Waals surface area contributed by atoms with Gasteiger partial charge in [0.15, 0.2) is 5.75 Å². The zero-order valence-electron chi connectivity index (χ0n) is 16.1. The van der Waals surface area contributed by atoms with Crippen molar-refractivity contribution < 1.29 is 9.53 Å². The molecular weight excluding hydrogens is 402 g/mol. The van der Waals surface area contributed by atoms with E-state index in [1.54, 1.807) is 42.5 Å². The second kappa shape index (κ2) is 8.39. The number of ether oxygens (including phenoxy) is 1. The van der Waals surface area contributed by atoms with E-state index in [2.05, 4.69) is 10.3 Å². The molecule has 0 bridgehead atoms. The molecule has 0 aliphatic carbocycles. The lowest BCUT2D eigenvalue weighted by Crippen LogP contribution is -2.28.